The fourth-order valence-electron chi connectivity index (χ4n) is 2.12. The van der Waals surface area contributed by atoms with Crippen molar-refractivity contribution in [1.82, 2.24) is 9.55 Å². The topological polar surface area (TPSA) is 43.8 Å². The summed E-state index contributed by atoms with van der Waals surface area (Å²) in [5.74, 6) is 0.0812. The molecule has 0 saturated heterocycles. The van der Waals surface area contributed by atoms with Gasteiger partial charge in [-0.15, -0.1) is 0 Å². The maximum Gasteiger partial charge on any atom is 0.205 e. The SMILES string of the molecule is Cc1ccc(F)cc1-n1c(N)nc2ccccc21. The van der Waals surface area contributed by atoms with Crippen LogP contribution in [-0.4, -0.2) is 9.55 Å². The van der Waals surface area contributed by atoms with E-state index in [9.17, 15) is 4.39 Å². The lowest BCUT2D eigenvalue weighted by Crippen LogP contribution is -2.02. The zero-order valence-electron chi connectivity index (χ0n) is 9.89. The molecule has 0 amide bonds. The summed E-state index contributed by atoms with van der Waals surface area (Å²) in [5.41, 5.74) is 9.29. The predicted molar refractivity (Wildman–Crippen MR) is 70.2 cm³/mol. The van der Waals surface area contributed by atoms with Crippen molar-refractivity contribution < 1.29 is 4.39 Å². The summed E-state index contributed by atoms with van der Waals surface area (Å²) in [6.45, 7) is 1.92. The van der Waals surface area contributed by atoms with Gasteiger partial charge in [0.15, 0.2) is 0 Å². The number of nitrogens with two attached hydrogens (primary N) is 1. The number of anilines is 1. The molecule has 2 aromatic carbocycles. The number of imidazole rings is 1. The molecule has 0 fully saturated rings. The zero-order valence-corrected chi connectivity index (χ0v) is 9.89. The van der Waals surface area contributed by atoms with Crippen LogP contribution in [-0.2, 0) is 0 Å². The number of fused-ring (bicyclic) bond motifs is 1. The van der Waals surface area contributed by atoms with Crippen molar-refractivity contribution in [1.29, 1.82) is 0 Å². The van der Waals surface area contributed by atoms with E-state index in [1.165, 1.54) is 12.1 Å². The van der Waals surface area contributed by atoms with Gasteiger partial charge < -0.3 is 5.73 Å². The van der Waals surface area contributed by atoms with Crippen LogP contribution in [0.2, 0.25) is 0 Å². The molecule has 18 heavy (non-hydrogen) atoms. The molecule has 0 unspecified atom stereocenters. The lowest BCUT2D eigenvalue weighted by molar-refractivity contribution is 0.626. The first-order valence-electron chi connectivity index (χ1n) is 5.66. The molecule has 0 bridgehead atoms. The smallest absolute Gasteiger partial charge is 0.205 e. The van der Waals surface area contributed by atoms with Gasteiger partial charge in [-0.1, -0.05) is 18.2 Å². The summed E-state index contributed by atoms with van der Waals surface area (Å²) >= 11 is 0. The molecule has 0 aliphatic heterocycles. The third-order valence-corrected chi connectivity index (χ3v) is 3.00. The quantitative estimate of drug-likeness (QED) is 0.711. The van der Waals surface area contributed by atoms with Gasteiger partial charge >= 0.3 is 0 Å². The van der Waals surface area contributed by atoms with E-state index in [2.05, 4.69) is 4.98 Å². The number of benzene rings is 2. The van der Waals surface area contributed by atoms with E-state index in [1.54, 1.807) is 10.6 Å². The molecule has 3 rings (SSSR count). The molecule has 90 valence electrons. The first kappa shape index (κ1) is 10.8. The number of hydrogen-bond acceptors (Lipinski definition) is 2. The van der Waals surface area contributed by atoms with Crippen molar-refractivity contribution in [3.63, 3.8) is 0 Å². The average molecular weight is 241 g/mol. The highest BCUT2D eigenvalue weighted by atomic mass is 19.1. The Morgan fingerprint density at radius 3 is 2.78 bits per heavy atom. The molecule has 0 atom stereocenters. The average Bonchev–Trinajstić information content (AvgIpc) is 2.68. The fraction of sp³-hybridized carbons (Fsp3) is 0.0714. The van der Waals surface area contributed by atoms with E-state index >= 15 is 0 Å². The van der Waals surface area contributed by atoms with Crippen LogP contribution in [0.3, 0.4) is 0 Å². The molecule has 0 aliphatic rings. The van der Waals surface area contributed by atoms with Crippen LogP contribution in [0.15, 0.2) is 42.5 Å². The Balaban J connectivity index is 2.37. The maximum absolute atomic E-state index is 13.4. The second-order valence-corrected chi connectivity index (χ2v) is 4.22. The Hall–Kier alpha value is -2.36. The number of hydrogen-bond donors (Lipinski definition) is 1. The molecule has 0 aliphatic carbocycles. The zero-order chi connectivity index (χ0) is 12.7. The van der Waals surface area contributed by atoms with E-state index in [0.29, 0.717) is 5.95 Å². The lowest BCUT2D eigenvalue weighted by atomic mass is 10.2. The number of halogens is 1. The molecule has 4 heteroatoms. The third-order valence-electron chi connectivity index (χ3n) is 3.00. The Kier molecular flexibility index (Phi) is 2.30. The van der Waals surface area contributed by atoms with Gasteiger partial charge in [0, 0.05) is 0 Å². The number of rotatable bonds is 1. The molecule has 2 N–H and O–H groups in total. The van der Waals surface area contributed by atoms with Gasteiger partial charge in [0.1, 0.15) is 5.82 Å². The first-order valence-corrected chi connectivity index (χ1v) is 5.66. The van der Waals surface area contributed by atoms with Gasteiger partial charge in [-0.2, -0.15) is 0 Å². The van der Waals surface area contributed by atoms with Crippen molar-refractivity contribution in [3.05, 3.63) is 53.8 Å². The predicted octanol–water partition coefficient (Wildman–Crippen LogP) is 3.06. The molecular weight excluding hydrogens is 229 g/mol. The third kappa shape index (κ3) is 1.54. The van der Waals surface area contributed by atoms with Gasteiger partial charge in [0.2, 0.25) is 5.95 Å². The molecular formula is C14H12FN3. The van der Waals surface area contributed by atoms with Crippen LogP contribution < -0.4 is 5.73 Å². The summed E-state index contributed by atoms with van der Waals surface area (Å²) < 4.78 is 15.2. The van der Waals surface area contributed by atoms with Crippen molar-refractivity contribution in [2.75, 3.05) is 5.73 Å². The summed E-state index contributed by atoms with van der Waals surface area (Å²) in [6.07, 6.45) is 0. The monoisotopic (exact) mass is 241 g/mol. The number of nitrogen functional groups attached to an aromatic ring is 1. The minimum atomic E-state index is -0.284. The highest BCUT2D eigenvalue weighted by Gasteiger charge is 2.11. The normalized spacial score (nSPS) is 11.0. The number of para-hydroxylation sites is 2. The van der Waals surface area contributed by atoms with Crippen LogP contribution in [0, 0.1) is 12.7 Å². The van der Waals surface area contributed by atoms with E-state index < -0.39 is 0 Å². The van der Waals surface area contributed by atoms with Crippen LogP contribution in [0.4, 0.5) is 10.3 Å². The molecule has 0 spiro atoms. The number of aromatic nitrogens is 2. The van der Waals surface area contributed by atoms with Crippen molar-refractivity contribution in [2.45, 2.75) is 6.92 Å². The van der Waals surface area contributed by atoms with Crippen LogP contribution in [0.25, 0.3) is 16.7 Å². The second kappa shape index (κ2) is 3.84. The van der Waals surface area contributed by atoms with E-state index in [4.69, 9.17) is 5.73 Å². The minimum absolute atomic E-state index is 0.284. The van der Waals surface area contributed by atoms with Gasteiger partial charge in [-0.25, -0.2) is 9.37 Å². The van der Waals surface area contributed by atoms with Crippen molar-refractivity contribution >= 4 is 17.0 Å². The summed E-state index contributed by atoms with van der Waals surface area (Å²) in [5, 5.41) is 0. The minimum Gasteiger partial charge on any atom is -0.369 e. The fourth-order valence-corrected chi connectivity index (χ4v) is 2.12. The summed E-state index contributed by atoms with van der Waals surface area (Å²) in [6, 6.07) is 12.3. The molecule has 0 radical (unpaired) electrons. The van der Waals surface area contributed by atoms with Gasteiger partial charge in [-0.05, 0) is 36.8 Å². The largest absolute Gasteiger partial charge is 0.369 e. The second-order valence-electron chi connectivity index (χ2n) is 4.22. The van der Waals surface area contributed by atoms with Gasteiger partial charge in [-0.3, -0.25) is 4.57 Å². The van der Waals surface area contributed by atoms with Crippen molar-refractivity contribution in [3.8, 4) is 5.69 Å². The highest BCUT2D eigenvalue weighted by molar-refractivity contribution is 5.81. The Morgan fingerprint density at radius 1 is 1.17 bits per heavy atom. The van der Waals surface area contributed by atoms with E-state index in [-0.39, 0.29) is 5.82 Å². The molecule has 3 nitrogen and oxygen atoms in total. The maximum atomic E-state index is 13.4. The molecule has 3 aromatic rings. The van der Waals surface area contributed by atoms with Crippen molar-refractivity contribution in [2.24, 2.45) is 0 Å². The van der Waals surface area contributed by atoms with E-state index in [1.807, 2.05) is 31.2 Å². The molecule has 1 aromatic heterocycles. The molecule has 1 heterocycles. The lowest BCUT2D eigenvalue weighted by Gasteiger charge is -2.09. The Morgan fingerprint density at radius 2 is 1.94 bits per heavy atom. The molecule has 0 saturated carbocycles. The summed E-state index contributed by atoms with van der Waals surface area (Å²) in [4.78, 5) is 4.28. The highest BCUT2D eigenvalue weighted by Crippen LogP contribution is 2.25. The number of aryl methyl sites for hydroxylation is 1. The first-order chi connectivity index (χ1) is 8.66. The van der Waals surface area contributed by atoms with Gasteiger partial charge in [0.25, 0.3) is 0 Å². The Bertz CT molecular complexity index is 731. The summed E-state index contributed by atoms with van der Waals surface area (Å²) in [7, 11) is 0. The standard InChI is InChI=1S/C14H12FN3/c1-9-6-7-10(15)8-13(9)18-12-5-3-2-4-11(12)17-14(18)16/h2-8H,1H3,(H2,16,17). The van der Waals surface area contributed by atoms with Gasteiger partial charge in [0.05, 0.1) is 16.7 Å². The number of nitrogens with zero attached hydrogens (tertiary/aromatic N) is 2. The van der Waals surface area contributed by atoms with Crippen LogP contribution >= 0.6 is 0 Å². The van der Waals surface area contributed by atoms with Crippen LogP contribution in [0.1, 0.15) is 5.56 Å². The van der Waals surface area contributed by atoms with Crippen LogP contribution in [0.5, 0.6) is 0 Å². The van der Waals surface area contributed by atoms with E-state index in [0.717, 1.165) is 22.3 Å². The Labute approximate surface area is 104 Å².